The van der Waals surface area contributed by atoms with Gasteiger partial charge in [-0.25, -0.2) is 9.59 Å². The van der Waals surface area contributed by atoms with Crippen molar-refractivity contribution in [1.29, 1.82) is 0 Å². The number of carbonyl (C=O) groups is 5. The lowest BCUT2D eigenvalue weighted by Gasteiger charge is -2.21. The van der Waals surface area contributed by atoms with Crippen LogP contribution in [-0.2, 0) is 23.9 Å². The van der Waals surface area contributed by atoms with E-state index in [2.05, 4.69) is 16.1 Å². The van der Waals surface area contributed by atoms with Crippen molar-refractivity contribution < 1.29 is 28.7 Å². The Labute approximate surface area is 152 Å². The maximum atomic E-state index is 12.1. The van der Waals surface area contributed by atoms with Crippen molar-refractivity contribution >= 4 is 29.7 Å². The molecule has 2 atom stereocenters. The summed E-state index contributed by atoms with van der Waals surface area (Å²) < 4.78 is 4.80. The first kappa shape index (κ1) is 21.4. The number of urea groups is 1. The number of hydrogen-bond acceptors (Lipinski definition) is 6. The van der Waals surface area contributed by atoms with E-state index in [0.29, 0.717) is 11.4 Å². The summed E-state index contributed by atoms with van der Waals surface area (Å²) >= 11 is 0. The number of carbonyl (C=O) groups excluding carboxylic acids is 5. The van der Waals surface area contributed by atoms with Crippen molar-refractivity contribution in [3.05, 3.63) is 0 Å². The van der Waals surface area contributed by atoms with Gasteiger partial charge in [0.05, 0.1) is 0 Å². The Balaban J connectivity index is 2.52. The minimum absolute atomic E-state index is 0.343. The Hall–Kier alpha value is -2.65. The molecule has 0 radical (unpaired) electrons. The zero-order valence-corrected chi connectivity index (χ0v) is 15.9. The Kier molecular flexibility index (Phi) is 6.34. The molecule has 0 aromatic heterocycles. The van der Waals surface area contributed by atoms with Crippen molar-refractivity contribution in [1.82, 2.24) is 21.1 Å². The van der Waals surface area contributed by atoms with E-state index in [1.54, 1.807) is 34.6 Å². The van der Waals surface area contributed by atoms with Gasteiger partial charge in [-0.1, -0.05) is 27.7 Å². The van der Waals surface area contributed by atoms with E-state index >= 15 is 0 Å². The molecule has 0 unspecified atom stereocenters. The Morgan fingerprint density at radius 1 is 1.27 bits per heavy atom. The molecule has 0 aromatic carbocycles. The molecule has 146 valence electrons. The third-order valence-electron chi connectivity index (χ3n) is 3.93. The molecule has 1 fully saturated rings. The standard InChI is InChI=1S/C16H26N4O6/c1-7-16(6)13(24)20(14(25)18-16)19-10(21)8-26-11(22)9(2)17-12(23)15(3,4)5/h9H,7-8H2,1-6H3,(H,17,23)(H,18,25)(H,19,21)/t9-,16-/m0/s1. The number of imide groups is 1. The highest BCUT2D eigenvalue weighted by Gasteiger charge is 2.47. The third kappa shape index (κ3) is 4.93. The van der Waals surface area contributed by atoms with Crippen LogP contribution in [0.3, 0.4) is 0 Å². The predicted octanol–water partition coefficient (Wildman–Crippen LogP) is -0.168. The van der Waals surface area contributed by atoms with Gasteiger partial charge in [0.2, 0.25) is 5.91 Å². The summed E-state index contributed by atoms with van der Waals surface area (Å²) in [4.78, 5) is 59.4. The summed E-state index contributed by atoms with van der Waals surface area (Å²) in [7, 11) is 0. The van der Waals surface area contributed by atoms with E-state index in [9.17, 15) is 24.0 Å². The molecular weight excluding hydrogens is 344 g/mol. The molecule has 26 heavy (non-hydrogen) atoms. The first-order valence-electron chi connectivity index (χ1n) is 8.25. The van der Waals surface area contributed by atoms with Gasteiger partial charge < -0.3 is 15.4 Å². The fourth-order valence-corrected chi connectivity index (χ4v) is 1.92. The van der Waals surface area contributed by atoms with E-state index in [4.69, 9.17) is 4.74 Å². The number of amides is 5. The van der Waals surface area contributed by atoms with Crippen molar-refractivity contribution in [3.63, 3.8) is 0 Å². The normalized spacial score (nSPS) is 21.1. The van der Waals surface area contributed by atoms with Gasteiger partial charge in [0.1, 0.15) is 11.6 Å². The van der Waals surface area contributed by atoms with E-state index < -0.39 is 47.4 Å². The van der Waals surface area contributed by atoms with Crippen LogP contribution >= 0.6 is 0 Å². The highest BCUT2D eigenvalue weighted by atomic mass is 16.5. The van der Waals surface area contributed by atoms with Crippen LogP contribution in [-0.4, -0.2) is 52.9 Å². The molecule has 1 heterocycles. The molecule has 1 rings (SSSR count). The van der Waals surface area contributed by atoms with Gasteiger partial charge in [0.15, 0.2) is 6.61 Å². The van der Waals surface area contributed by atoms with Gasteiger partial charge in [0, 0.05) is 5.41 Å². The van der Waals surface area contributed by atoms with Gasteiger partial charge in [-0.15, -0.1) is 0 Å². The van der Waals surface area contributed by atoms with Crippen molar-refractivity contribution in [3.8, 4) is 0 Å². The van der Waals surface area contributed by atoms with E-state index in [-0.39, 0.29) is 5.91 Å². The molecule has 3 N–H and O–H groups in total. The van der Waals surface area contributed by atoms with Crippen LogP contribution in [0, 0.1) is 5.41 Å². The van der Waals surface area contributed by atoms with E-state index in [1.807, 2.05) is 0 Å². The van der Waals surface area contributed by atoms with Gasteiger partial charge in [-0.05, 0) is 20.3 Å². The maximum Gasteiger partial charge on any atom is 0.344 e. The van der Waals surface area contributed by atoms with Gasteiger partial charge in [-0.3, -0.25) is 19.8 Å². The minimum atomic E-state index is -1.09. The number of hydrogen-bond donors (Lipinski definition) is 3. The summed E-state index contributed by atoms with van der Waals surface area (Å²) in [5.41, 5.74) is 0.326. The van der Waals surface area contributed by atoms with Crippen LogP contribution in [0.1, 0.15) is 48.0 Å². The molecule has 0 saturated carbocycles. The summed E-state index contributed by atoms with van der Waals surface area (Å²) in [6.45, 7) is 9.06. The summed E-state index contributed by atoms with van der Waals surface area (Å²) in [6, 6.07) is -1.71. The Morgan fingerprint density at radius 2 is 1.85 bits per heavy atom. The topological polar surface area (TPSA) is 134 Å². The van der Waals surface area contributed by atoms with Crippen molar-refractivity contribution in [2.75, 3.05) is 6.61 Å². The molecule has 10 heteroatoms. The predicted molar refractivity (Wildman–Crippen MR) is 90.2 cm³/mol. The van der Waals surface area contributed by atoms with Crippen LogP contribution in [0.15, 0.2) is 0 Å². The van der Waals surface area contributed by atoms with Crippen LogP contribution in [0.4, 0.5) is 4.79 Å². The molecule has 0 bridgehead atoms. The number of hydrazine groups is 1. The second-order valence-electron chi connectivity index (χ2n) is 7.34. The summed E-state index contributed by atoms with van der Waals surface area (Å²) in [5, 5.41) is 5.51. The fraction of sp³-hybridized carbons (Fsp3) is 0.688. The van der Waals surface area contributed by atoms with Crippen LogP contribution in [0.5, 0.6) is 0 Å². The van der Waals surface area contributed by atoms with E-state index in [0.717, 1.165) is 0 Å². The van der Waals surface area contributed by atoms with Crippen molar-refractivity contribution in [2.24, 2.45) is 5.41 Å². The Bertz CT molecular complexity index is 627. The number of nitrogens with zero attached hydrogens (tertiary/aromatic N) is 1. The lowest BCUT2D eigenvalue weighted by molar-refractivity contribution is -0.153. The van der Waals surface area contributed by atoms with Gasteiger partial charge in [0.25, 0.3) is 11.8 Å². The minimum Gasteiger partial charge on any atom is -0.454 e. The zero-order valence-electron chi connectivity index (χ0n) is 15.9. The van der Waals surface area contributed by atoms with Crippen LogP contribution in [0.25, 0.3) is 0 Å². The fourth-order valence-electron chi connectivity index (χ4n) is 1.92. The molecule has 10 nitrogen and oxygen atoms in total. The van der Waals surface area contributed by atoms with Crippen LogP contribution < -0.4 is 16.1 Å². The first-order chi connectivity index (χ1) is 11.8. The average Bonchev–Trinajstić information content (AvgIpc) is 2.75. The highest BCUT2D eigenvalue weighted by Crippen LogP contribution is 2.19. The average molecular weight is 370 g/mol. The monoisotopic (exact) mass is 370 g/mol. The molecule has 1 aliphatic heterocycles. The quantitative estimate of drug-likeness (QED) is 0.439. The van der Waals surface area contributed by atoms with E-state index in [1.165, 1.54) is 6.92 Å². The largest absolute Gasteiger partial charge is 0.454 e. The number of rotatable bonds is 6. The number of esters is 1. The summed E-state index contributed by atoms with van der Waals surface area (Å²) in [6.07, 6.45) is 0.351. The molecule has 0 aromatic rings. The smallest absolute Gasteiger partial charge is 0.344 e. The first-order valence-corrected chi connectivity index (χ1v) is 8.25. The molecule has 0 aliphatic carbocycles. The maximum absolute atomic E-state index is 12.1. The zero-order chi connectivity index (χ0) is 20.3. The highest BCUT2D eigenvalue weighted by molar-refractivity contribution is 6.07. The molecular formula is C16H26N4O6. The second-order valence-corrected chi connectivity index (χ2v) is 7.34. The lowest BCUT2D eigenvalue weighted by atomic mass is 9.95. The second kappa shape index (κ2) is 7.71. The lowest BCUT2D eigenvalue weighted by Crippen LogP contribution is -2.50. The third-order valence-corrected chi connectivity index (χ3v) is 3.93. The molecule has 5 amide bonds. The molecule has 1 aliphatic rings. The molecule has 1 saturated heterocycles. The van der Waals surface area contributed by atoms with Gasteiger partial charge >= 0.3 is 12.0 Å². The van der Waals surface area contributed by atoms with Gasteiger partial charge in [-0.2, -0.15) is 5.01 Å². The number of nitrogens with one attached hydrogen (secondary N) is 3. The molecule has 0 spiro atoms. The SMILES string of the molecule is CC[C@]1(C)NC(=O)N(NC(=O)COC(=O)[C@H](C)NC(=O)C(C)(C)C)C1=O. The van der Waals surface area contributed by atoms with Crippen molar-refractivity contribution in [2.45, 2.75) is 59.5 Å². The number of ether oxygens (including phenoxy) is 1. The van der Waals surface area contributed by atoms with Crippen LogP contribution in [0.2, 0.25) is 0 Å². The summed E-state index contributed by atoms with van der Waals surface area (Å²) in [5.74, 6) is -2.61. The Morgan fingerprint density at radius 3 is 2.31 bits per heavy atom.